The van der Waals surface area contributed by atoms with Crippen molar-refractivity contribution in [3.8, 4) is 11.3 Å². The number of ether oxygens (including phenoxy) is 1. The van der Waals surface area contributed by atoms with Gasteiger partial charge in [0.2, 0.25) is 21.9 Å². The third-order valence-corrected chi connectivity index (χ3v) is 8.29. The van der Waals surface area contributed by atoms with Crippen molar-refractivity contribution in [2.45, 2.75) is 38.6 Å². The Kier molecular flexibility index (Phi) is 9.46. The molecule has 42 heavy (non-hydrogen) atoms. The number of amides is 1. The molecule has 2 aliphatic rings. The number of pyridine rings is 1. The summed E-state index contributed by atoms with van der Waals surface area (Å²) < 4.78 is 46.8. The zero-order chi connectivity index (χ0) is 29.7. The molecule has 2 saturated heterocycles. The number of hydroxylamine groups is 1. The summed E-state index contributed by atoms with van der Waals surface area (Å²) in [5, 5.41) is 9.21. The molecule has 0 radical (unpaired) electrons. The summed E-state index contributed by atoms with van der Waals surface area (Å²) in [7, 11) is -3.53. The van der Waals surface area contributed by atoms with Crippen LogP contribution in [0, 0.1) is 11.7 Å². The highest BCUT2D eigenvalue weighted by Gasteiger charge is 2.23. The number of nitrogens with one attached hydrogen (secondary N) is 2. The average molecular weight is 602 g/mol. The fourth-order valence-electron chi connectivity index (χ4n) is 5.62. The first-order valence-corrected chi connectivity index (χ1v) is 16.0. The molecule has 1 aromatic carbocycles. The second-order valence-corrected chi connectivity index (χ2v) is 12.7. The molecule has 226 valence electrons. The van der Waals surface area contributed by atoms with Crippen LogP contribution in [-0.2, 0) is 26.1 Å². The molecule has 12 nitrogen and oxygen atoms in total. The first-order valence-electron chi connectivity index (χ1n) is 14.1. The number of benzene rings is 1. The Labute approximate surface area is 244 Å². The number of morpholine rings is 1. The van der Waals surface area contributed by atoms with E-state index in [1.54, 1.807) is 17.7 Å². The van der Waals surface area contributed by atoms with E-state index in [2.05, 4.69) is 14.6 Å². The smallest absolute Gasteiger partial charge is 0.243 e. The Morgan fingerprint density at radius 2 is 1.88 bits per heavy atom. The van der Waals surface area contributed by atoms with Gasteiger partial charge in [0.1, 0.15) is 5.82 Å². The summed E-state index contributed by atoms with van der Waals surface area (Å²) in [6.07, 6.45) is 7.96. The van der Waals surface area contributed by atoms with Crippen molar-refractivity contribution in [3.05, 3.63) is 42.0 Å². The van der Waals surface area contributed by atoms with Crippen molar-refractivity contribution in [1.29, 1.82) is 0 Å². The van der Waals surface area contributed by atoms with Crippen LogP contribution in [0.5, 0.6) is 0 Å². The minimum absolute atomic E-state index is 0.283. The number of rotatable bonds is 10. The second-order valence-electron chi connectivity index (χ2n) is 10.9. The van der Waals surface area contributed by atoms with E-state index in [-0.39, 0.29) is 11.6 Å². The molecule has 14 heteroatoms. The zero-order valence-corrected chi connectivity index (χ0v) is 24.4. The largest absolute Gasteiger partial charge is 0.378 e. The van der Waals surface area contributed by atoms with E-state index in [1.807, 2.05) is 4.90 Å². The Balaban J connectivity index is 1.45. The van der Waals surface area contributed by atoms with Crippen LogP contribution >= 0.6 is 0 Å². The molecule has 0 bridgehead atoms. The Hall–Kier alpha value is -3.46. The van der Waals surface area contributed by atoms with Crippen molar-refractivity contribution in [3.63, 3.8) is 0 Å². The highest BCUT2D eigenvalue weighted by molar-refractivity contribution is 7.92. The number of anilines is 2. The minimum Gasteiger partial charge on any atom is -0.378 e. The van der Waals surface area contributed by atoms with E-state index in [0.29, 0.717) is 73.3 Å². The van der Waals surface area contributed by atoms with Gasteiger partial charge in [0, 0.05) is 43.2 Å². The summed E-state index contributed by atoms with van der Waals surface area (Å²) >= 11 is 0. The predicted molar refractivity (Wildman–Crippen MR) is 156 cm³/mol. The fourth-order valence-corrected chi connectivity index (χ4v) is 6.16. The van der Waals surface area contributed by atoms with Gasteiger partial charge in [-0.25, -0.2) is 28.3 Å². The van der Waals surface area contributed by atoms with Gasteiger partial charge in [0.25, 0.3) is 0 Å². The Morgan fingerprint density at radius 1 is 1.12 bits per heavy atom. The molecule has 4 heterocycles. The van der Waals surface area contributed by atoms with Gasteiger partial charge in [0.05, 0.1) is 42.6 Å². The number of carbonyl (C=O) groups excluding carboxylic acids is 1. The third-order valence-electron chi connectivity index (χ3n) is 7.68. The molecule has 0 saturated carbocycles. The monoisotopic (exact) mass is 601 g/mol. The van der Waals surface area contributed by atoms with Crippen LogP contribution in [0.4, 0.5) is 16.0 Å². The maximum Gasteiger partial charge on any atom is 0.243 e. The van der Waals surface area contributed by atoms with Crippen LogP contribution in [0.2, 0.25) is 0 Å². The number of aromatic nitrogens is 3. The van der Waals surface area contributed by atoms with Crippen LogP contribution in [0.25, 0.3) is 22.2 Å². The molecule has 5 rings (SSSR count). The lowest BCUT2D eigenvalue weighted by Gasteiger charge is -2.32. The van der Waals surface area contributed by atoms with Crippen molar-refractivity contribution in [1.82, 2.24) is 25.3 Å². The molecule has 3 N–H and O–H groups in total. The van der Waals surface area contributed by atoms with E-state index in [4.69, 9.17) is 19.9 Å². The van der Waals surface area contributed by atoms with E-state index in [0.717, 1.165) is 50.6 Å². The van der Waals surface area contributed by atoms with Gasteiger partial charge in [-0.3, -0.25) is 24.6 Å². The van der Waals surface area contributed by atoms with Crippen LogP contribution in [0.3, 0.4) is 0 Å². The highest BCUT2D eigenvalue weighted by atomic mass is 32.2. The van der Waals surface area contributed by atoms with E-state index >= 15 is 4.39 Å². The molecule has 0 spiro atoms. The number of nitrogens with zero attached hydrogens (tertiary/aromatic N) is 5. The SMILES string of the molecule is CS(=O)(=O)Nc1cncc(-c2nc(N3CCOCC3)nc3c(CN4CCC(CCCC(=O)NO)CC4)cc(F)cc23)c1. The quantitative estimate of drug-likeness (QED) is 0.234. The summed E-state index contributed by atoms with van der Waals surface area (Å²) in [4.78, 5) is 29.6. The lowest BCUT2D eigenvalue weighted by Crippen LogP contribution is -2.37. The summed E-state index contributed by atoms with van der Waals surface area (Å²) in [6.45, 7) is 4.51. The lowest BCUT2D eigenvalue weighted by molar-refractivity contribution is -0.129. The number of carbonyl (C=O) groups is 1. The van der Waals surface area contributed by atoms with Crippen LogP contribution < -0.4 is 15.1 Å². The molecular weight excluding hydrogens is 565 g/mol. The van der Waals surface area contributed by atoms with E-state index in [9.17, 15) is 13.2 Å². The Morgan fingerprint density at radius 3 is 2.60 bits per heavy atom. The molecule has 3 aromatic rings. The molecule has 0 unspecified atom stereocenters. The minimum atomic E-state index is -3.53. The first-order chi connectivity index (χ1) is 20.2. The predicted octanol–water partition coefficient (Wildman–Crippen LogP) is 2.93. The van der Waals surface area contributed by atoms with Crippen molar-refractivity contribution in [2.75, 3.05) is 55.3 Å². The molecule has 1 amide bonds. The molecule has 2 aliphatic heterocycles. The number of sulfonamides is 1. The maximum atomic E-state index is 15.1. The van der Waals surface area contributed by atoms with Gasteiger partial charge in [-0.1, -0.05) is 0 Å². The maximum absolute atomic E-state index is 15.1. The Bertz CT molecular complexity index is 1530. The molecule has 0 atom stereocenters. The van der Waals surface area contributed by atoms with E-state index < -0.39 is 15.8 Å². The summed E-state index contributed by atoms with van der Waals surface area (Å²) in [5.41, 5.74) is 4.36. The number of hydrogen-bond donors (Lipinski definition) is 3. The van der Waals surface area contributed by atoms with Gasteiger partial charge >= 0.3 is 0 Å². The van der Waals surface area contributed by atoms with Crippen molar-refractivity contribution < 1.29 is 27.5 Å². The highest BCUT2D eigenvalue weighted by Crippen LogP contribution is 2.33. The van der Waals surface area contributed by atoms with Crippen LogP contribution in [-0.4, -0.2) is 85.0 Å². The zero-order valence-electron chi connectivity index (χ0n) is 23.6. The van der Waals surface area contributed by atoms with Gasteiger partial charge in [-0.05, 0) is 68.5 Å². The van der Waals surface area contributed by atoms with Crippen LogP contribution in [0.15, 0.2) is 30.6 Å². The van der Waals surface area contributed by atoms with Gasteiger partial charge in [-0.2, -0.15) is 0 Å². The first kappa shape index (κ1) is 30.0. The number of piperidine rings is 1. The fraction of sp³-hybridized carbons (Fsp3) is 0.500. The normalized spacial score (nSPS) is 17.0. The number of hydrogen-bond acceptors (Lipinski definition) is 10. The van der Waals surface area contributed by atoms with Gasteiger partial charge in [0.15, 0.2) is 0 Å². The number of fused-ring (bicyclic) bond motifs is 1. The summed E-state index contributed by atoms with van der Waals surface area (Å²) in [5.74, 6) is 0.231. The molecule has 0 aliphatic carbocycles. The van der Waals surface area contributed by atoms with E-state index in [1.165, 1.54) is 18.3 Å². The third kappa shape index (κ3) is 7.68. The summed E-state index contributed by atoms with van der Waals surface area (Å²) in [6, 6.07) is 4.59. The van der Waals surface area contributed by atoms with Gasteiger partial charge in [-0.15, -0.1) is 0 Å². The molecule has 2 aromatic heterocycles. The van der Waals surface area contributed by atoms with Crippen molar-refractivity contribution in [2.24, 2.45) is 5.92 Å². The number of likely N-dealkylation sites (tertiary alicyclic amines) is 1. The average Bonchev–Trinajstić information content (AvgIpc) is 2.97. The molecule has 2 fully saturated rings. The lowest BCUT2D eigenvalue weighted by atomic mass is 9.91. The number of halogens is 1. The second kappa shape index (κ2) is 13.2. The molecular formula is C28H36FN7O5S. The van der Waals surface area contributed by atoms with Crippen molar-refractivity contribution >= 4 is 38.5 Å². The van der Waals surface area contributed by atoms with Gasteiger partial charge < -0.3 is 9.64 Å². The van der Waals surface area contributed by atoms with Crippen LogP contribution in [0.1, 0.15) is 37.7 Å². The topological polar surface area (TPSA) is 150 Å². The standard InChI is InChI=1S/C28H36FN7O5S/c1-42(39,40)34-23-14-20(16-30-17-23)26-24-15-22(29)13-21(27(24)32-28(31-26)36-9-11-41-12-10-36)18-35-7-5-19(6-8-35)3-2-4-25(37)33-38/h13-17,19,34,38H,2-12,18H2,1H3,(H,33,37).